The molecule has 0 amide bonds. The van der Waals surface area contributed by atoms with Crippen molar-refractivity contribution in [2.45, 2.75) is 70.7 Å². The van der Waals surface area contributed by atoms with E-state index in [0.717, 1.165) is 6.42 Å². The van der Waals surface area contributed by atoms with Crippen LogP contribution >= 0.6 is 0 Å². The van der Waals surface area contributed by atoms with E-state index in [2.05, 4.69) is 13.8 Å². The van der Waals surface area contributed by atoms with Gasteiger partial charge in [-0.25, -0.2) is 9.78 Å². The summed E-state index contributed by atoms with van der Waals surface area (Å²) in [5, 5.41) is 10.7. The molecule has 1 N–H and O–H groups in total. The number of carbonyl (C=O) groups is 1. The van der Waals surface area contributed by atoms with E-state index in [1.54, 1.807) is 6.08 Å². The first-order chi connectivity index (χ1) is 9.21. The predicted octanol–water partition coefficient (Wildman–Crippen LogP) is 2.55. The topological polar surface area (TPSA) is 55.8 Å². The van der Waals surface area contributed by atoms with E-state index in [0.29, 0.717) is 19.3 Å². The number of allylic oxidation sites excluding steroid dienone is 1. The van der Waals surface area contributed by atoms with Gasteiger partial charge in [0.15, 0.2) is 11.4 Å². The highest BCUT2D eigenvalue weighted by Gasteiger charge is 2.69. The fraction of sp³-hybridized carbons (Fsp3) is 0.812. The number of hydrogen-bond donors (Lipinski definition) is 1. The molecule has 112 valence electrons. The van der Waals surface area contributed by atoms with Crippen LogP contribution in [0.1, 0.15) is 53.4 Å². The number of rotatable bonds is 1. The van der Waals surface area contributed by atoms with Crippen LogP contribution in [0.2, 0.25) is 0 Å². The van der Waals surface area contributed by atoms with Gasteiger partial charge in [-0.3, -0.25) is 4.79 Å². The van der Waals surface area contributed by atoms with Gasteiger partial charge in [-0.05, 0) is 44.1 Å². The van der Waals surface area contributed by atoms with Gasteiger partial charge in [0.2, 0.25) is 0 Å². The van der Waals surface area contributed by atoms with Crippen LogP contribution in [0.15, 0.2) is 12.2 Å². The number of hydrogen-bond acceptors (Lipinski definition) is 4. The molecule has 4 nitrogen and oxygen atoms in total. The molecule has 3 rings (SSSR count). The fourth-order valence-corrected chi connectivity index (χ4v) is 4.47. The molecule has 2 aliphatic carbocycles. The summed E-state index contributed by atoms with van der Waals surface area (Å²) in [6.45, 7) is 8.10. The number of carbonyl (C=O) groups excluding carboxylic acids is 1. The van der Waals surface area contributed by atoms with E-state index in [9.17, 15) is 9.90 Å². The van der Waals surface area contributed by atoms with Crippen LogP contribution < -0.4 is 0 Å². The molecule has 1 spiro atoms. The van der Waals surface area contributed by atoms with Crippen molar-refractivity contribution in [1.29, 1.82) is 0 Å². The highest BCUT2D eigenvalue weighted by Crippen LogP contribution is 2.64. The zero-order valence-corrected chi connectivity index (χ0v) is 12.7. The number of aliphatic hydroxyl groups is 1. The Morgan fingerprint density at radius 2 is 2.05 bits per heavy atom. The van der Waals surface area contributed by atoms with E-state index in [1.165, 1.54) is 0 Å². The van der Waals surface area contributed by atoms with Crippen molar-refractivity contribution in [2.75, 3.05) is 0 Å². The van der Waals surface area contributed by atoms with E-state index < -0.39 is 11.2 Å². The van der Waals surface area contributed by atoms with Crippen LogP contribution in [0.4, 0.5) is 0 Å². The Balaban J connectivity index is 2.10. The van der Waals surface area contributed by atoms with Gasteiger partial charge in [-0.2, -0.15) is 0 Å². The van der Waals surface area contributed by atoms with Crippen molar-refractivity contribution in [3.63, 3.8) is 0 Å². The smallest absolute Gasteiger partial charge is 0.190 e. The molecule has 0 radical (unpaired) electrons. The number of ketones is 1. The molecule has 1 aliphatic heterocycles. The Morgan fingerprint density at radius 3 is 2.70 bits per heavy atom. The Labute approximate surface area is 120 Å². The van der Waals surface area contributed by atoms with Gasteiger partial charge in [-0.15, -0.1) is 0 Å². The maximum Gasteiger partial charge on any atom is 0.190 e. The molecular weight excluding hydrogens is 256 g/mol. The summed E-state index contributed by atoms with van der Waals surface area (Å²) >= 11 is 0. The molecule has 0 aromatic carbocycles. The molecule has 1 saturated carbocycles. The second-order valence-electron chi connectivity index (χ2n) is 7.36. The first kappa shape index (κ1) is 14.2. The molecule has 20 heavy (non-hydrogen) atoms. The summed E-state index contributed by atoms with van der Waals surface area (Å²) in [4.78, 5) is 23.5. The maximum absolute atomic E-state index is 12.4. The maximum atomic E-state index is 12.4. The number of fused-ring (bicyclic) bond motifs is 1. The first-order valence-electron chi connectivity index (χ1n) is 7.51. The lowest BCUT2D eigenvalue weighted by molar-refractivity contribution is -0.462. The molecule has 4 heteroatoms. The third kappa shape index (κ3) is 1.45. The largest absolute Gasteiger partial charge is 0.387 e. The molecule has 4 atom stereocenters. The van der Waals surface area contributed by atoms with Crippen LogP contribution in [0.5, 0.6) is 0 Å². The highest BCUT2D eigenvalue weighted by molar-refractivity contribution is 5.99. The third-order valence-corrected chi connectivity index (χ3v) is 6.33. The van der Waals surface area contributed by atoms with Crippen LogP contribution in [-0.4, -0.2) is 28.2 Å². The molecule has 1 unspecified atom stereocenters. The van der Waals surface area contributed by atoms with Crippen LogP contribution in [-0.2, 0) is 14.6 Å². The minimum absolute atomic E-state index is 0.0304. The summed E-state index contributed by atoms with van der Waals surface area (Å²) in [5.41, 5.74) is -2.26. The first-order valence-corrected chi connectivity index (χ1v) is 7.51. The van der Waals surface area contributed by atoms with Crippen molar-refractivity contribution >= 4 is 5.78 Å². The van der Waals surface area contributed by atoms with Gasteiger partial charge >= 0.3 is 0 Å². The summed E-state index contributed by atoms with van der Waals surface area (Å²) in [7, 11) is 0. The minimum Gasteiger partial charge on any atom is -0.387 e. The SMILES string of the molecule is CC[C@@]1(O)CC[C@]23CC1OO[C@]2(C)C(=O)C=CC3(C)C. The van der Waals surface area contributed by atoms with E-state index in [4.69, 9.17) is 9.78 Å². The monoisotopic (exact) mass is 280 g/mol. The van der Waals surface area contributed by atoms with E-state index >= 15 is 0 Å². The average Bonchev–Trinajstić information content (AvgIpc) is 2.42. The third-order valence-electron chi connectivity index (χ3n) is 6.33. The second-order valence-corrected chi connectivity index (χ2v) is 7.36. The molecule has 0 aromatic heterocycles. The Hall–Kier alpha value is -0.710. The lowest BCUT2D eigenvalue weighted by Crippen LogP contribution is -2.70. The van der Waals surface area contributed by atoms with Gasteiger partial charge < -0.3 is 5.11 Å². The van der Waals surface area contributed by atoms with Crippen molar-refractivity contribution in [2.24, 2.45) is 10.8 Å². The average molecular weight is 280 g/mol. The summed E-state index contributed by atoms with van der Waals surface area (Å²) in [6, 6.07) is 0. The summed E-state index contributed by atoms with van der Waals surface area (Å²) in [5.74, 6) is -0.0304. The Kier molecular flexibility index (Phi) is 2.80. The van der Waals surface area contributed by atoms with Crippen molar-refractivity contribution in [3.05, 3.63) is 12.2 Å². The standard InChI is InChI=1S/C16H24O4/c1-5-15(18)8-9-16-10-12(15)19-20-14(16,4)11(17)6-7-13(16,2)3/h6-7,12,18H,5,8-10H2,1-4H3/t12?,14-,15-,16-/m1/s1. The van der Waals surface area contributed by atoms with Crippen molar-refractivity contribution in [1.82, 2.24) is 0 Å². The summed E-state index contributed by atoms with van der Waals surface area (Å²) < 4.78 is 0. The van der Waals surface area contributed by atoms with Crippen LogP contribution in [0.25, 0.3) is 0 Å². The highest BCUT2D eigenvalue weighted by atomic mass is 17.2. The van der Waals surface area contributed by atoms with Crippen molar-refractivity contribution in [3.8, 4) is 0 Å². The fourth-order valence-electron chi connectivity index (χ4n) is 4.47. The molecular formula is C16H24O4. The minimum atomic E-state index is -0.948. The zero-order valence-electron chi connectivity index (χ0n) is 12.7. The predicted molar refractivity (Wildman–Crippen MR) is 73.8 cm³/mol. The quantitative estimate of drug-likeness (QED) is 0.750. The lowest BCUT2D eigenvalue weighted by atomic mass is 9.46. The van der Waals surface area contributed by atoms with Crippen molar-refractivity contribution < 1.29 is 19.7 Å². The molecule has 1 heterocycles. The molecule has 2 bridgehead atoms. The van der Waals surface area contributed by atoms with Gasteiger partial charge in [0, 0.05) is 5.41 Å². The Morgan fingerprint density at radius 1 is 1.35 bits per heavy atom. The lowest BCUT2D eigenvalue weighted by Gasteiger charge is -2.64. The van der Waals surface area contributed by atoms with E-state index in [1.807, 2.05) is 19.9 Å². The molecule has 3 aliphatic rings. The van der Waals surface area contributed by atoms with Gasteiger partial charge in [0.25, 0.3) is 0 Å². The van der Waals surface area contributed by atoms with Crippen LogP contribution in [0.3, 0.4) is 0 Å². The second kappa shape index (κ2) is 3.93. The van der Waals surface area contributed by atoms with Gasteiger partial charge in [0.1, 0.15) is 6.10 Å². The Bertz CT molecular complexity index is 483. The zero-order chi connectivity index (χ0) is 14.8. The molecule has 1 saturated heterocycles. The van der Waals surface area contributed by atoms with E-state index in [-0.39, 0.29) is 22.7 Å². The molecule has 2 fully saturated rings. The van der Waals surface area contributed by atoms with Crippen LogP contribution in [0, 0.1) is 10.8 Å². The van der Waals surface area contributed by atoms with Gasteiger partial charge in [0.05, 0.1) is 5.60 Å². The molecule has 0 aromatic rings. The van der Waals surface area contributed by atoms with Gasteiger partial charge in [-0.1, -0.05) is 26.8 Å². The normalized spacial score (nSPS) is 49.9. The summed E-state index contributed by atoms with van der Waals surface area (Å²) in [6.07, 6.45) is 5.99.